The lowest BCUT2D eigenvalue weighted by Crippen LogP contribution is -2.71. The summed E-state index contributed by atoms with van der Waals surface area (Å²) in [4.78, 5) is 37.8. The van der Waals surface area contributed by atoms with Gasteiger partial charge < -0.3 is 28.5 Å². The lowest BCUT2D eigenvalue weighted by molar-refractivity contribution is -0.247. The van der Waals surface area contributed by atoms with E-state index in [1.54, 1.807) is 18.6 Å². The van der Waals surface area contributed by atoms with Crippen molar-refractivity contribution in [2.45, 2.75) is 70.6 Å². The zero-order valence-electron chi connectivity index (χ0n) is 19.1. The maximum absolute atomic E-state index is 13.9. The summed E-state index contributed by atoms with van der Waals surface area (Å²) in [5.41, 5.74) is -2.14. The fourth-order valence-corrected chi connectivity index (χ4v) is 7.00. The minimum Gasteiger partial charge on any atom is -0.472 e. The molecule has 3 heterocycles. The van der Waals surface area contributed by atoms with Gasteiger partial charge >= 0.3 is 11.9 Å². The Morgan fingerprint density at radius 2 is 2.03 bits per heavy atom. The number of aliphatic hydroxyl groups is 1. The molecule has 2 aliphatic carbocycles. The number of esters is 2. The minimum atomic E-state index is -1.35. The summed E-state index contributed by atoms with van der Waals surface area (Å²) in [5, 5.41) is 11.3. The molecule has 2 spiro atoms. The summed E-state index contributed by atoms with van der Waals surface area (Å²) >= 11 is 0. The number of fused-ring (bicyclic) bond motifs is 3. The fraction of sp³-hybridized carbons (Fsp3) is 0.708. The summed E-state index contributed by atoms with van der Waals surface area (Å²) in [7, 11) is 0. The number of rotatable bonds is 4. The van der Waals surface area contributed by atoms with Crippen molar-refractivity contribution in [2.24, 2.45) is 22.7 Å². The van der Waals surface area contributed by atoms with Crippen molar-refractivity contribution in [3.63, 3.8) is 0 Å². The van der Waals surface area contributed by atoms with Gasteiger partial charge in [-0.2, -0.15) is 0 Å². The van der Waals surface area contributed by atoms with E-state index < -0.39 is 52.8 Å². The number of furan rings is 1. The van der Waals surface area contributed by atoms with Crippen LogP contribution in [0.1, 0.15) is 58.1 Å². The number of hydrogen-bond acceptors (Lipinski definition) is 9. The van der Waals surface area contributed by atoms with E-state index in [1.165, 1.54) is 13.8 Å². The molecule has 180 valence electrons. The number of aliphatic hydroxyl groups excluding tert-OH is 1. The first kappa shape index (κ1) is 22.6. The Morgan fingerprint density at radius 3 is 2.64 bits per heavy atom. The molecule has 0 bridgehead atoms. The predicted octanol–water partition coefficient (Wildman–Crippen LogP) is 2.31. The number of hydrogen-bond donors (Lipinski definition) is 1. The molecule has 0 aromatic carbocycles. The van der Waals surface area contributed by atoms with Crippen LogP contribution in [0, 0.1) is 22.7 Å². The molecule has 1 aromatic rings. The summed E-state index contributed by atoms with van der Waals surface area (Å²) in [6.07, 6.45) is 2.84. The van der Waals surface area contributed by atoms with Crippen LogP contribution in [-0.4, -0.2) is 54.0 Å². The number of epoxide rings is 1. The van der Waals surface area contributed by atoms with E-state index in [0.717, 1.165) is 12.0 Å². The molecule has 33 heavy (non-hydrogen) atoms. The molecule has 1 aromatic heterocycles. The van der Waals surface area contributed by atoms with Crippen LogP contribution in [0.15, 0.2) is 23.0 Å². The van der Waals surface area contributed by atoms with E-state index in [9.17, 15) is 19.5 Å². The molecule has 4 fully saturated rings. The van der Waals surface area contributed by atoms with Gasteiger partial charge in [0, 0.05) is 30.7 Å². The third-order valence-corrected chi connectivity index (χ3v) is 8.61. The Labute approximate surface area is 191 Å². The highest BCUT2D eigenvalue weighted by Gasteiger charge is 2.79. The Morgan fingerprint density at radius 1 is 1.27 bits per heavy atom. The molecule has 2 saturated heterocycles. The number of ether oxygens (including phenoxy) is 4. The average molecular weight is 462 g/mol. The highest BCUT2D eigenvalue weighted by Crippen LogP contribution is 2.71. The first-order valence-corrected chi connectivity index (χ1v) is 11.5. The van der Waals surface area contributed by atoms with Crippen LogP contribution >= 0.6 is 0 Å². The Bertz CT molecular complexity index is 951. The summed E-state index contributed by atoms with van der Waals surface area (Å²) in [6, 6.07) is 1.79. The van der Waals surface area contributed by atoms with Gasteiger partial charge in [0.05, 0.1) is 25.2 Å². The lowest BCUT2D eigenvalue weighted by atomic mass is 9.42. The van der Waals surface area contributed by atoms with E-state index in [1.807, 2.05) is 6.92 Å². The maximum atomic E-state index is 13.9. The van der Waals surface area contributed by atoms with Crippen LogP contribution in [0.3, 0.4) is 0 Å². The largest absolute Gasteiger partial charge is 0.472 e. The van der Waals surface area contributed by atoms with Crippen LogP contribution in [-0.2, 0) is 33.3 Å². The maximum Gasteiger partial charge on any atom is 0.304 e. The minimum absolute atomic E-state index is 0.180. The monoisotopic (exact) mass is 462 g/mol. The van der Waals surface area contributed by atoms with Crippen molar-refractivity contribution < 1.29 is 42.9 Å². The van der Waals surface area contributed by atoms with Crippen LogP contribution in [0.2, 0.25) is 0 Å². The van der Waals surface area contributed by atoms with Crippen molar-refractivity contribution in [3.05, 3.63) is 24.2 Å². The molecule has 2 aliphatic heterocycles. The highest BCUT2D eigenvalue weighted by molar-refractivity contribution is 5.93. The Balaban J connectivity index is 1.66. The molecule has 4 aliphatic rings. The van der Waals surface area contributed by atoms with Gasteiger partial charge in [0.2, 0.25) is 6.29 Å². The summed E-state index contributed by atoms with van der Waals surface area (Å²) in [6.45, 7) is 4.60. The number of carbonyl (C=O) groups excluding carboxylic acids is 3. The molecule has 9 heteroatoms. The van der Waals surface area contributed by atoms with Crippen LogP contribution in [0.5, 0.6) is 0 Å². The van der Waals surface area contributed by atoms with Crippen molar-refractivity contribution in [3.8, 4) is 0 Å². The van der Waals surface area contributed by atoms with Gasteiger partial charge in [0.25, 0.3) is 0 Å². The molecule has 2 saturated carbocycles. The van der Waals surface area contributed by atoms with E-state index in [2.05, 4.69) is 0 Å². The smallest absolute Gasteiger partial charge is 0.304 e. The van der Waals surface area contributed by atoms with Gasteiger partial charge in [-0.1, -0.05) is 13.3 Å². The van der Waals surface area contributed by atoms with Crippen molar-refractivity contribution in [1.29, 1.82) is 0 Å². The third-order valence-electron chi connectivity index (χ3n) is 8.61. The number of ketones is 1. The van der Waals surface area contributed by atoms with E-state index in [-0.39, 0.29) is 18.3 Å². The molecule has 5 rings (SSSR count). The van der Waals surface area contributed by atoms with Gasteiger partial charge in [0.15, 0.2) is 5.78 Å². The van der Waals surface area contributed by atoms with Crippen LogP contribution in [0.4, 0.5) is 0 Å². The van der Waals surface area contributed by atoms with Crippen molar-refractivity contribution >= 4 is 17.7 Å². The molecule has 8 atom stereocenters. The van der Waals surface area contributed by atoms with E-state index in [0.29, 0.717) is 25.9 Å². The Kier molecular flexibility index (Phi) is 5.23. The SMILES string of the molecule is CC(=O)OC[C@]12C(=O)[C@H](O)[C@H](C)[C@@]3(C[C@H](c4ccoc4)O[C@@H]3OC(C)=O)[C@H]1CCC[C@]21CO1. The molecule has 0 amide bonds. The van der Waals surface area contributed by atoms with Crippen LogP contribution < -0.4 is 0 Å². The van der Waals surface area contributed by atoms with Gasteiger partial charge in [-0.15, -0.1) is 0 Å². The van der Waals surface area contributed by atoms with Gasteiger partial charge in [0.1, 0.15) is 23.7 Å². The van der Waals surface area contributed by atoms with Crippen LogP contribution in [0.25, 0.3) is 0 Å². The molecule has 0 radical (unpaired) electrons. The second kappa shape index (κ2) is 7.65. The second-order valence-electron chi connectivity index (χ2n) is 10.0. The first-order valence-electron chi connectivity index (χ1n) is 11.5. The average Bonchev–Trinajstić information content (AvgIpc) is 3.19. The summed E-state index contributed by atoms with van der Waals surface area (Å²) in [5.74, 6) is -2.32. The first-order chi connectivity index (χ1) is 15.7. The summed E-state index contributed by atoms with van der Waals surface area (Å²) < 4.78 is 28.7. The quantitative estimate of drug-likeness (QED) is 0.530. The molecule has 9 nitrogen and oxygen atoms in total. The normalized spacial score (nSPS) is 44.0. The number of carbonyl (C=O) groups is 3. The standard InChI is InChI=1S/C24H30O9/c1-13-19(27)20(28)24(12-30-14(2)25)18(5-4-7-22(24)11-31-22)23(13)9-17(16-6-8-29-10-16)33-21(23)32-15(3)26/h6,8,10,13,17-19,21,27H,4-5,7,9,11-12H2,1-3H3/t13-,17+,18+,19+,21-,22-,23-,24+/m0/s1. The molecular formula is C24H30O9. The zero-order chi connectivity index (χ0) is 23.6. The number of Topliss-reactive ketones (excluding diaryl/α,β-unsaturated/α-hetero) is 1. The van der Waals surface area contributed by atoms with Gasteiger partial charge in [-0.05, 0) is 31.2 Å². The van der Waals surface area contributed by atoms with Gasteiger partial charge in [-0.3, -0.25) is 14.4 Å². The second-order valence-corrected chi connectivity index (χ2v) is 10.0. The topological polar surface area (TPSA) is 125 Å². The van der Waals surface area contributed by atoms with E-state index in [4.69, 9.17) is 23.4 Å². The molecular weight excluding hydrogens is 432 g/mol. The molecule has 0 unspecified atom stereocenters. The highest BCUT2D eigenvalue weighted by atomic mass is 16.7. The predicted molar refractivity (Wildman–Crippen MR) is 110 cm³/mol. The van der Waals surface area contributed by atoms with E-state index >= 15 is 0 Å². The Hall–Kier alpha value is -2.23. The zero-order valence-corrected chi connectivity index (χ0v) is 19.1. The van der Waals surface area contributed by atoms with Crippen molar-refractivity contribution in [1.82, 2.24) is 0 Å². The van der Waals surface area contributed by atoms with Gasteiger partial charge in [-0.25, -0.2) is 0 Å². The van der Waals surface area contributed by atoms with Crippen molar-refractivity contribution in [2.75, 3.05) is 13.2 Å². The fourth-order valence-electron chi connectivity index (χ4n) is 7.00. The third kappa shape index (κ3) is 3.05. The molecule has 1 N–H and O–H groups in total. The lowest BCUT2D eigenvalue weighted by Gasteiger charge is -2.60.